The number of rotatable bonds is 2. The molecule has 1 atom stereocenters. The summed E-state index contributed by atoms with van der Waals surface area (Å²) in [6.45, 7) is 0. The quantitative estimate of drug-likeness (QED) is 0.601. The number of aliphatic hydroxyl groups is 2. The summed E-state index contributed by atoms with van der Waals surface area (Å²) in [5, 5.41) is 18.0. The topological polar surface area (TPSA) is 70.4 Å². The highest BCUT2D eigenvalue weighted by molar-refractivity contribution is 6.04. The van der Waals surface area contributed by atoms with Gasteiger partial charge in [0.1, 0.15) is 0 Å². The van der Waals surface area contributed by atoms with Gasteiger partial charge in [0, 0.05) is 18.3 Å². The minimum absolute atomic E-state index is 0.298. The summed E-state index contributed by atoms with van der Waals surface area (Å²) in [6, 6.07) is 5.32. The highest BCUT2D eigenvalue weighted by Gasteiger charge is 2.63. The van der Waals surface area contributed by atoms with E-state index in [2.05, 4.69) is 4.98 Å². The maximum atomic E-state index is 10.8. The Hall–Kier alpha value is -1.26. The number of ketones is 1. The minimum Gasteiger partial charge on any atom is -0.359 e. The highest BCUT2D eigenvalue weighted by Crippen LogP contribution is 2.37. The molecule has 0 amide bonds. The van der Waals surface area contributed by atoms with E-state index < -0.39 is 17.5 Å². The van der Waals surface area contributed by atoms with Gasteiger partial charge in [-0.2, -0.15) is 0 Å². The van der Waals surface area contributed by atoms with Crippen LogP contribution in [0, 0.1) is 5.92 Å². The molecule has 4 heteroatoms. The SMILES string of the molecule is O=C1C(Cc2ccccn2)C1(O)O. The van der Waals surface area contributed by atoms with Crippen LogP contribution in [0.5, 0.6) is 0 Å². The molecule has 68 valence electrons. The lowest BCUT2D eigenvalue weighted by Gasteiger charge is -1.97. The molecule has 0 aliphatic heterocycles. The summed E-state index contributed by atoms with van der Waals surface area (Å²) in [4.78, 5) is 14.8. The molecule has 1 aliphatic carbocycles. The van der Waals surface area contributed by atoms with Crippen molar-refractivity contribution in [2.75, 3.05) is 0 Å². The Kier molecular flexibility index (Phi) is 1.68. The van der Waals surface area contributed by atoms with Crippen molar-refractivity contribution in [1.29, 1.82) is 0 Å². The second-order valence-corrected chi connectivity index (χ2v) is 3.17. The smallest absolute Gasteiger partial charge is 0.235 e. The third kappa shape index (κ3) is 1.34. The fraction of sp³-hybridized carbons (Fsp3) is 0.333. The summed E-state index contributed by atoms with van der Waals surface area (Å²) >= 11 is 0. The van der Waals surface area contributed by atoms with Crippen molar-refractivity contribution in [3.8, 4) is 0 Å². The zero-order valence-corrected chi connectivity index (χ0v) is 6.84. The van der Waals surface area contributed by atoms with Gasteiger partial charge in [-0.05, 0) is 12.1 Å². The van der Waals surface area contributed by atoms with Crippen LogP contribution in [0.3, 0.4) is 0 Å². The highest BCUT2D eigenvalue weighted by atomic mass is 16.5. The number of carbonyl (C=O) groups is 1. The standard InChI is InChI=1S/C9H9NO3/c11-8-7(9(8,12)13)5-6-3-1-2-4-10-6/h1-4,7,12-13H,5H2. The van der Waals surface area contributed by atoms with Gasteiger partial charge in [0.25, 0.3) is 0 Å². The van der Waals surface area contributed by atoms with E-state index in [0.29, 0.717) is 12.1 Å². The Bertz CT molecular complexity index is 334. The lowest BCUT2D eigenvalue weighted by atomic mass is 10.2. The van der Waals surface area contributed by atoms with Crippen molar-refractivity contribution < 1.29 is 15.0 Å². The first kappa shape index (κ1) is 8.34. The van der Waals surface area contributed by atoms with E-state index in [1.54, 1.807) is 24.4 Å². The molecular weight excluding hydrogens is 170 g/mol. The zero-order valence-electron chi connectivity index (χ0n) is 6.84. The monoisotopic (exact) mass is 179 g/mol. The van der Waals surface area contributed by atoms with Crippen molar-refractivity contribution in [2.45, 2.75) is 12.2 Å². The van der Waals surface area contributed by atoms with Gasteiger partial charge in [0.15, 0.2) is 0 Å². The van der Waals surface area contributed by atoms with Gasteiger partial charge >= 0.3 is 0 Å². The minimum atomic E-state index is -2.10. The van der Waals surface area contributed by atoms with Gasteiger partial charge in [-0.1, -0.05) is 6.07 Å². The molecule has 0 saturated heterocycles. The molecule has 2 N–H and O–H groups in total. The Morgan fingerprint density at radius 3 is 2.62 bits per heavy atom. The number of Topliss-reactive ketones (excluding diaryl/α,β-unsaturated/α-hetero) is 1. The maximum Gasteiger partial charge on any atom is 0.235 e. The molecule has 1 unspecified atom stereocenters. The van der Waals surface area contributed by atoms with Crippen LogP contribution < -0.4 is 0 Å². The molecule has 13 heavy (non-hydrogen) atoms. The number of nitrogens with zero attached hydrogens (tertiary/aromatic N) is 1. The van der Waals surface area contributed by atoms with E-state index in [1.807, 2.05) is 0 Å². The maximum absolute atomic E-state index is 10.8. The van der Waals surface area contributed by atoms with Crippen molar-refractivity contribution in [3.05, 3.63) is 30.1 Å². The molecule has 1 fully saturated rings. The lowest BCUT2D eigenvalue weighted by molar-refractivity contribution is -0.134. The molecule has 1 aliphatic rings. The number of hydrogen-bond donors (Lipinski definition) is 2. The summed E-state index contributed by atoms with van der Waals surface area (Å²) in [7, 11) is 0. The fourth-order valence-corrected chi connectivity index (χ4v) is 1.30. The Morgan fingerprint density at radius 1 is 1.46 bits per heavy atom. The predicted molar refractivity (Wildman–Crippen MR) is 43.6 cm³/mol. The lowest BCUT2D eigenvalue weighted by Crippen LogP contribution is -2.11. The number of carbonyl (C=O) groups excluding carboxylic acids is 1. The van der Waals surface area contributed by atoms with E-state index >= 15 is 0 Å². The fourth-order valence-electron chi connectivity index (χ4n) is 1.30. The average molecular weight is 179 g/mol. The van der Waals surface area contributed by atoms with Crippen molar-refractivity contribution in [1.82, 2.24) is 4.98 Å². The molecule has 1 aromatic rings. The normalized spacial score (nSPS) is 24.5. The summed E-state index contributed by atoms with van der Waals surface area (Å²) in [6.07, 6.45) is 1.91. The molecule has 0 bridgehead atoms. The van der Waals surface area contributed by atoms with E-state index in [1.165, 1.54) is 0 Å². The number of pyridine rings is 1. The second-order valence-electron chi connectivity index (χ2n) is 3.17. The first-order chi connectivity index (χ1) is 6.12. The molecule has 1 saturated carbocycles. The molecule has 1 heterocycles. The Morgan fingerprint density at radius 2 is 2.15 bits per heavy atom. The van der Waals surface area contributed by atoms with Crippen molar-refractivity contribution in [3.63, 3.8) is 0 Å². The van der Waals surface area contributed by atoms with E-state index in [9.17, 15) is 4.79 Å². The van der Waals surface area contributed by atoms with Crippen LogP contribution in [0.15, 0.2) is 24.4 Å². The Balaban J connectivity index is 2.06. The van der Waals surface area contributed by atoms with Gasteiger partial charge in [-0.15, -0.1) is 0 Å². The first-order valence-corrected chi connectivity index (χ1v) is 4.01. The summed E-state index contributed by atoms with van der Waals surface area (Å²) < 4.78 is 0. The van der Waals surface area contributed by atoms with E-state index in [-0.39, 0.29) is 0 Å². The molecule has 0 spiro atoms. The molecular formula is C9H9NO3. The first-order valence-electron chi connectivity index (χ1n) is 4.01. The second kappa shape index (κ2) is 2.61. The number of hydrogen-bond acceptors (Lipinski definition) is 4. The molecule has 2 rings (SSSR count). The number of aromatic nitrogens is 1. The van der Waals surface area contributed by atoms with E-state index in [4.69, 9.17) is 10.2 Å². The van der Waals surface area contributed by atoms with Gasteiger partial charge in [0.05, 0.1) is 5.92 Å². The van der Waals surface area contributed by atoms with Crippen molar-refractivity contribution in [2.24, 2.45) is 5.92 Å². The van der Waals surface area contributed by atoms with Crippen LogP contribution >= 0.6 is 0 Å². The molecule has 4 nitrogen and oxygen atoms in total. The summed E-state index contributed by atoms with van der Waals surface area (Å²) in [5.74, 6) is -3.31. The van der Waals surface area contributed by atoms with Crippen LogP contribution in [0.4, 0.5) is 0 Å². The molecule has 0 radical (unpaired) electrons. The van der Waals surface area contributed by atoms with Crippen LogP contribution in [0.1, 0.15) is 5.69 Å². The molecule has 0 aromatic carbocycles. The van der Waals surface area contributed by atoms with Crippen LogP contribution in [-0.4, -0.2) is 26.8 Å². The van der Waals surface area contributed by atoms with E-state index in [0.717, 1.165) is 0 Å². The summed E-state index contributed by atoms with van der Waals surface area (Å²) in [5.41, 5.74) is 0.700. The van der Waals surface area contributed by atoms with Gasteiger partial charge in [-0.25, -0.2) is 0 Å². The van der Waals surface area contributed by atoms with Crippen LogP contribution in [0.2, 0.25) is 0 Å². The van der Waals surface area contributed by atoms with Gasteiger partial charge < -0.3 is 10.2 Å². The zero-order chi connectivity index (χ0) is 9.47. The third-order valence-electron chi connectivity index (χ3n) is 2.22. The van der Waals surface area contributed by atoms with Crippen LogP contribution in [-0.2, 0) is 11.2 Å². The van der Waals surface area contributed by atoms with Crippen LogP contribution in [0.25, 0.3) is 0 Å². The predicted octanol–water partition coefficient (Wildman–Crippen LogP) is -0.496. The largest absolute Gasteiger partial charge is 0.359 e. The van der Waals surface area contributed by atoms with Gasteiger partial charge in [-0.3, -0.25) is 9.78 Å². The third-order valence-corrected chi connectivity index (χ3v) is 2.22. The Labute approximate surface area is 74.9 Å². The van der Waals surface area contributed by atoms with Gasteiger partial charge in [0.2, 0.25) is 11.6 Å². The van der Waals surface area contributed by atoms with Crippen molar-refractivity contribution >= 4 is 5.78 Å². The molecule has 1 aromatic heterocycles. The average Bonchev–Trinajstić information content (AvgIpc) is 2.57.